The first-order chi connectivity index (χ1) is 5.84. The van der Waals surface area contributed by atoms with E-state index in [-0.39, 0.29) is 0 Å². The molecule has 0 saturated carbocycles. The molecule has 0 radical (unpaired) electrons. The number of thioether (sulfide) groups is 2. The van der Waals surface area contributed by atoms with Gasteiger partial charge in [-0.15, -0.1) is 11.8 Å². The molecule has 0 aliphatic carbocycles. The lowest BCUT2D eigenvalue weighted by molar-refractivity contribution is 1.26. The highest BCUT2D eigenvalue weighted by Gasteiger charge is 2.21. The van der Waals surface area contributed by atoms with Crippen molar-refractivity contribution in [2.24, 2.45) is 0 Å². The van der Waals surface area contributed by atoms with E-state index in [1.165, 1.54) is 16.4 Å². The number of rotatable bonds is 3. The number of hydrogen-bond donors (Lipinski definition) is 0. The molecule has 1 aromatic carbocycles. The van der Waals surface area contributed by atoms with Crippen LogP contribution in [0.15, 0.2) is 29.2 Å². The average molecular weight is 217 g/mol. The lowest BCUT2D eigenvalue weighted by Gasteiger charge is -1.98. The van der Waals surface area contributed by atoms with Crippen LogP contribution in [0.1, 0.15) is 0 Å². The molecule has 0 unspecified atom stereocenters. The van der Waals surface area contributed by atoms with Crippen LogP contribution in [0.25, 0.3) is 0 Å². The molecule has 3 heteroatoms. The zero-order valence-corrected chi connectivity index (χ0v) is 8.88. The van der Waals surface area contributed by atoms with Crippen molar-refractivity contribution in [3.05, 3.63) is 29.3 Å². The van der Waals surface area contributed by atoms with Gasteiger partial charge in [0.1, 0.15) is 0 Å². The molecule has 0 nitrogen and oxygen atoms in total. The smallest absolute Gasteiger partial charge is 0.0406 e. The standard InChI is InChI=1S/C9H9ClS2/c10-7-1-3-8(4-2-7)11-5-9-6-12-9/h1-4,9H,5-6H2/t9-/m1/s1. The van der Waals surface area contributed by atoms with Gasteiger partial charge >= 0.3 is 0 Å². The number of hydrogen-bond acceptors (Lipinski definition) is 2. The van der Waals surface area contributed by atoms with Crippen LogP contribution in [0.4, 0.5) is 0 Å². The molecule has 0 spiro atoms. The fraction of sp³-hybridized carbons (Fsp3) is 0.333. The third kappa shape index (κ3) is 2.61. The predicted octanol–water partition coefficient (Wildman–Crippen LogP) is 3.55. The van der Waals surface area contributed by atoms with Crippen molar-refractivity contribution in [2.45, 2.75) is 10.1 Å². The Morgan fingerprint density at radius 1 is 1.42 bits per heavy atom. The molecule has 1 atom stereocenters. The minimum absolute atomic E-state index is 0.820. The van der Waals surface area contributed by atoms with Crippen molar-refractivity contribution < 1.29 is 0 Å². The van der Waals surface area contributed by atoms with Crippen molar-refractivity contribution in [3.8, 4) is 0 Å². The normalized spacial score (nSPS) is 20.9. The Balaban J connectivity index is 1.89. The molecule has 1 aliphatic rings. The van der Waals surface area contributed by atoms with E-state index in [9.17, 15) is 0 Å². The van der Waals surface area contributed by atoms with Crippen LogP contribution in [0.5, 0.6) is 0 Å². The van der Waals surface area contributed by atoms with Gasteiger partial charge in [0.05, 0.1) is 0 Å². The summed E-state index contributed by atoms with van der Waals surface area (Å²) in [7, 11) is 0. The summed E-state index contributed by atoms with van der Waals surface area (Å²) >= 11 is 9.74. The third-order valence-electron chi connectivity index (χ3n) is 1.65. The fourth-order valence-electron chi connectivity index (χ4n) is 0.884. The van der Waals surface area contributed by atoms with Gasteiger partial charge in [0.25, 0.3) is 0 Å². The molecule has 0 aromatic heterocycles. The van der Waals surface area contributed by atoms with Crippen LogP contribution >= 0.6 is 35.1 Å². The molecule has 0 N–H and O–H groups in total. The van der Waals surface area contributed by atoms with Gasteiger partial charge in [-0.2, -0.15) is 11.8 Å². The van der Waals surface area contributed by atoms with E-state index in [0.717, 1.165) is 10.3 Å². The van der Waals surface area contributed by atoms with Crippen molar-refractivity contribution in [1.82, 2.24) is 0 Å². The average Bonchev–Trinajstić information content (AvgIpc) is 2.87. The zero-order valence-electron chi connectivity index (χ0n) is 6.50. The van der Waals surface area contributed by atoms with Crippen LogP contribution in [0, 0.1) is 0 Å². The molecule has 0 amide bonds. The first-order valence-electron chi connectivity index (χ1n) is 3.84. The molecule has 0 bridgehead atoms. The molecule has 2 rings (SSSR count). The highest BCUT2D eigenvalue weighted by molar-refractivity contribution is 8.08. The van der Waals surface area contributed by atoms with Crippen LogP contribution in [-0.2, 0) is 0 Å². The summed E-state index contributed by atoms with van der Waals surface area (Å²) in [6, 6.07) is 8.06. The van der Waals surface area contributed by atoms with E-state index in [0.29, 0.717) is 0 Å². The zero-order chi connectivity index (χ0) is 8.39. The topological polar surface area (TPSA) is 0 Å². The predicted molar refractivity (Wildman–Crippen MR) is 58.4 cm³/mol. The van der Waals surface area contributed by atoms with E-state index in [1.54, 1.807) is 0 Å². The molecule has 12 heavy (non-hydrogen) atoms. The van der Waals surface area contributed by atoms with Gasteiger partial charge in [-0.05, 0) is 24.3 Å². The van der Waals surface area contributed by atoms with Crippen molar-refractivity contribution in [3.63, 3.8) is 0 Å². The highest BCUT2D eigenvalue weighted by atomic mass is 35.5. The maximum atomic E-state index is 5.77. The van der Waals surface area contributed by atoms with Crippen LogP contribution in [0.2, 0.25) is 5.02 Å². The van der Waals surface area contributed by atoms with Gasteiger partial charge in [0, 0.05) is 26.7 Å². The summed E-state index contributed by atoms with van der Waals surface area (Å²) in [5, 5.41) is 1.73. The van der Waals surface area contributed by atoms with Gasteiger partial charge in [-0.25, -0.2) is 0 Å². The quantitative estimate of drug-likeness (QED) is 0.560. The second-order valence-electron chi connectivity index (χ2n) is 2.72. The summed E-state index contributed by atoms with van der Waals surface area (Å²) < 4.78 is 0. The molecule has 1 aromatic rings. The first-order valence-corrected chi connectivity index (χ1v) is 6.26. The van der Waals surface area contributed by atoms with Crippen LogP contribution in [-0.4, -0.2) is 16.8 Å². The van der Waals surface area contributed by atoms with Gasteiger partial charge in [-0.1, -0.05) is 11.6 Å². The summed E-state index contributed by atoms with van der Waals surface area (Å²) in [5.74, 6) is 2.59. The third-order valence-corrected chi connectivity index (χ3v) is 4.26. The minimum Gasteiger partial charge on any atom is -0.156 e. The fourth-order valence-corrected chi connectivity index (χ4v) is 2.83. The van der Waals surface area contributed by atoms with Crippen molar-refractivity contribution in [1.29, 1.82) is 0 Å². The Labute approximate surface area is 86.1 Å². The molecule has 64 valence electrons. The van der Waals surface area contributed by atoms with E-state index in [1.807, 2.05) is 35.7 Å². The van der Waals surface area contributed by atoms with Gasteiger partial charge in [0.15, 0.2) is 0 Å². The molecule has 1 aliphatic heterocycles. The van der Waals surface area contributed by atoms with Crippen LogP contribution < -0.4 is 0 Å². The van der Waals surface area contributed by atoms with Crippen molar-refractivity contribution in [2.75, 3.05) is 11.5 Å². The number of benzene rings is 1. The first kappa shape index (κ1) is 8.79. The number of halogens is 1. The second-order valence-corrected chi connectivity index (χ2v) is 5.58. The van der Waals surface area contributed by atoms with Gasteiger partial charge in [-0.3, -0.25) is 0 Å². The SMILES string of the molecule is Clc1ccc(SC[C@@H]2CS2)cc1. The Morgan fingerprint density at radius 2 is 2.08 bits per heavy atom. The Kier molecular flexibility index (Phi) is 2.89. The molecule has 1 saturated heterocycles. The monoisotopic (exact) mass is 216 g/mol. The summed E-state index contributed by atoms with van der Waals surface area (Å²) in [6.45, 7) is 0. The molecular weight excluding hydrogens is 208 g/mol. The lowest BCUT2D eigenvalue weighted by atomic mass is 10.4. The Hall–Kier alpha value is 0.210. The van der Waals surface area contributed by atoms with Crippen molar-refractivity contribution >= 4 is 35.1 Å². The summed E-state index contributed by atoms with van der Waals surface area (Å²) in [4.78, 5) is 1.33. The highest BCUT2D eigenvalue weighted by Crippen LogP contribution is 2.35. The maximum Gasteiger partial charge on any atom is 0.0406 e. The second kappa shape index (κ2) is 3.95. The summed E-state index contributed by atoms with van der Waals surface area (Å²) in [5.41, 5.74) is 0. The van der Waals surface area contributed by atoms with E-state index in [2.05, 4.69) is 12.1 Å². The minimum atomic E-state index is 0.820. The van der Waals surface area contributed by atoms with Crippen LogP contribution in [0.3, 0.4) is 0 Å². The maximum absolute atomic E-state index is 5.77. The largest absolute Gasteiger partial charge is 0.156 e. The van der Waals surface area contributed by atoms with Gasteiger partial charge in [0.2, 0.25) is 0 Å². The Bertz CT molecular complexity index is 254. The lowest BCUT2D eigenvalue weighted by Crippen LogP contribution is -1.85. The van der Waals surface area contributed by atoms with E-state index in [4.69, 9.17) is 11.6 Å². The molecule has 1 fully saturated rings. The molecular formula is C9H9ClS2. The van der Waals surface area contributed by atoms with E-state index < -0.39 is 0 Å². The van der Waals surface area contributed by atoms with Gasteiger partial charge < -0.3 is 0 Å². The van der Waals surface area contributed by atoms with E-state index >= 15 is 0 Å². The molecule has 1 heterocycles. The summed E-state index contributed by atoms with van der Waals surface area (Å²) in [6.07, 6.45) is 0. The Morgan fingerprint density at radius 3 is 2.67 bits per heavy atom.